The SMILES string of the molecule is CC1(N2CCC(c3cc4c(cnn4-c4cn[nH]c4)cc3Cl)CC2)COC1.CC1(N2CCC(c3cc4c(cnn4-c4cnn(S(=O)(=O)C5CC5)c4)cc3Cl)CC2)COC1.CCN(CC)CC.O=S(=O)(Cl)C1CC1. The first-order valence-electron chi connectivity index (χ1n) is 25.4. The van der Waals surface area contributed by atoms with Gasteiger partial charge in [0.15, 0.2) is 0 Å². The Morgan fingerprint density at radius 2 is 1.10 bits per heavy atom. The number of hydrogen-bond acceptors (Lipinski definition) is 13. The molecule has 17 nitrogen and oxygen atoms in total. The highest BCUT2D eigenvalue weighted by Crippen LogP contribution is 2.41. The van der Waals surface area contributed by atoms with Gasteiger partial charge in [-0.05, 0) is 158 Å². The van der Waals surface area contributed by atoms with Crippen LogP contribution in [0.15, 0.2) is 61.4 Å². The van der Waals surface area contributed by atoms with E-state index in [4.69, 9.17) is 43.4 Å². The van der Waals surface area contributed by atoms with Gasteiger partial charge in [-0.25, -0.2) is 26.2 Å². The molecule has 2 aromatic carbocycles. The van der Waals surface area contributed by atoms with Crippen LogP contribution >= 0.6 is 33.9 Å². The van der Waals surface area contributed by atoms with Crippen LogP contribution < -0.4 is 0 Å². The number of nitrogens with one attached hydrogen (secondary N) is 1. The molecule has 392 valence electrons. The zero-order chi connectivity index (χ0) is 51.0. The zero-order valence-corrected chi connectivity index (χ0v) is 45.8. The van der Waals surface area contributed by atoms with Gasteiger partial charge in [0, 0.05) is 37.7 Å². The average Bonchev–Trinajstić information content (AvgIpc) is 4.19. The second-order valence-electron chi connectivity index (χ2n) is 20.5. The number of likely N-dealkylation sites (tertiary alicyclic amines) is 2. The summed E-state index contributed by atoms with van der Waals surface area (Å²) >= 11 is 13.3. The monoisotopic (exact) mass is 1090 g/mol. The van der Waals surface area contributed by atoms with Crippen molar-refractivity contribution < 1.29 is 26.3 Å². The molecule has 4 saturated heterocycles. The predicted octanol–water partition coefficient (Wildman–Crippen LogP) is 8.62. The second kappa shape index (κ2) is 21.9. The van der Waals surface area contributed by atoms with Gasteiger partial charge < -0.3 is 14.4 Å². The lowest BCUT2D eigenvalue weighted by molar-refractivity contribution is -0.136. The highest BCUT2D eigenvalue weighted by atomic mass is 35.7. The number of fused-ring (bicyclic) bond motifs is 2. The van der Waals surface area contributed by atoms with Crippen molar-refractivity contribution in [3.8, 4) is 11.4 Å². The quantitative estimate of drug-likeness (QED) is 0.115. The lowest BCUT2D eigenvalue weighted by Gasteiger charge is -2.50. The van der Waals surface area contributed by atoms with E-state index in [-0.39, 0.29) is 21.6 Å². The number of rotatable bonds is 12. The number of aromatic amines is 1. The molecule has 4 aromatic heterocycles. The Balaban J connectivity index is 0.000000142. The third-order valence-corrected chi connectivity index (χ3v) is 20.1. The summed E-state index contributed by atoms with van der Waals surface area (Å²) in [5, 5.41) is 23.1. The fourth-order valence-corrected chi connectivity index (χ4v) is 13.6. The fraction of sp³-hybridized carbons (Fsp3) is 0.600. The summed E-state index contributed by atoms with van der Waals surface area (Å²) in [6, 6.07) is 8.34. The maximum atomic E-state index is 12.5. The smallest absolute Gasteiger partial charge is 0.256 e. The molecule has 12 rings (SSSR count). The van der Waals surface area contributed by atoms with Crippen LogP contribution in [0.5, 0.6) is 0 Å². The highest BCUT2D eigenvalue weighted by Gasteiger charge is 2.43. The van der Waals surface area contributed by atoms with E-state index in [1.165, 1.54) is 25.2 Å². The van der Waals surface area contributed by atoms with Gasteiger partial charge in [0.05, 0.1) is 90.0 Å². The van der Waals surface area contributed by atoms with Crippen molar-refractivity contribution in [2.45, 2.75) is 119 Å². The van der Waals surface area contributed by atoms with Crippen molar-refractivity contribution >= 4 is 74.8 Å². The van der Waals surface area contributed by atoms with Gasteiger partial charge in [0.2, 0.25) is 9.05 Å². The minimum Gasteiger partial charge on any atom is -0.377 e. The van der Waals surface area contributed by atoms with Crippen LogP contribution in [-0.4, -0.2) is 164 Å². The van der Waals surface area contributed by atoms with Crippen molar-refractivity contribution in [2.75, 3.05) is 72.2 Å². The van der Waals surface area contributed by atoms with E-state index in [1.54, 1.807) is 29.5 Å². The van der Waals surface area contributed by atoms with E-state index < -0.39 is 19.1 Å². The molecule has 72 heavy (non-hydrogen) atoms. The molecule has 22 heteroatoms. The lowest BCUT2D eigenvalue weighted by atomic mass is 9.86. The molecule has 0 spiro atoms. The summed E-state index contributed by atoms with van der Waals surface area (Å²) in [5.74, 6) is 0.870. The molecule has 6 aromatic rings. The Bertz CT molecular complexity index is 3010. The number of benzene rings is 2. The maximum absolute atomic E-state index is 12.5. The number of halogens is 3. The van der Waals surface area contributed by atoms with E-state index >= 15 is 0 Å². The molecule has 0 amide bonds. The van der Waals surface area contributed by atoms with E-state index in [1.807, 2.05) is 29.2 Å². The predicted molar refractivity (Wildman–Crippen MR) is 284 cm³/mol. The fourth-order valence-electron chi connectivity index (χ4n) is 10.2. The summed E-state index contributed by atoms with van der Waals surface area (Å²) in [7, 11) is -1.66. The minimum absolute atomic E-state index is 0.179. The molecule has 0 radical (unpaired) electrons. The standard InChI is InChI=1S/C22H26ClN5O3S.C19H22ClN5O.C6H15N.C3H5ClO2S/c1-22(13-31-14-22)26-6-4-15(5-7-26)19-9-21-16(8-20(19)23)10-25-28(21)17-11-24-27(12-17)32(29,30)18-2-3-18;1-19(11-26-12-19)24-4-2-13(3-5-24)16-7-18-14(6-17(16)20)8-23-25(18)15-9-21-22-10-15;1-4-7(5-2)6-3;4-7(5,6)3-1-2-3/h8-12,15,18H,2-7,13-14H2,1H3;6-10,13H,2-5,11-12H2,1H3,(H,21,22);4-6H2,1-3H3;3H,1-2H2. The molecule has 1 N–H and O–H groups in total. The van der Waals surface area contributed by atoms with Crippen LogP contribution in [-0.2, 0) is 28.5 Å². The van der Waals surface area contributed by atoms with Crippen molar-refractivity contribution in [1.29, 1.82) is 0 Å². The van der Waals surface area contributed by atoms with Crippen LogP contribution in [0, 0.1) is 0 Å². The Morgan fingerprint density at radius 1 is 0.639 bits per heavy atom. The van der Waals surface area contributed by atoms with Crippen molar-refractivity contribution in [1.82, 2.24) is 53.6 Å². The molecule has 0 bridgehead atoms. The number of ether oxygens (including phenoxy) is 2. The number of hydrogen-bond donors (Lipinski definition) is 1. The summed E-state index contributed by atoms with van der Waals surface area (Å²) in [4.78, 5) is 7.49. The average molecular weight is 1090 g/mol. The minimum atomic E-state index is -3.41. The second-order valence-corrected chi connectivity index (χ2v) is 26.3. The van der Waals surface area contributed by atoms with Gasteiger partial charge >= 0.3 is 0 Å². The third-order valence-electron chi connectivity index (χ3n) is 15.4. The van der Waals surface area contributed by atoms with E-state index in [2.05, 4.69) is 86.9 Å². The number of aromatic nitrogens is 8. The van der Waals surface area contributed by atoms with Gasteiger partial charge in [0.25, 0.3) is 10.0 Å². The van der Waals surface area contributed by atoms with Crippen LogP contribution in [0.1, 0.15) is 109 Å². The molecule has 6 fully saturated rings. The van der Waals surface area contributed by atoms with Gasteiger partial charge in [-0.2, -0.15) is 24.5 Å². The van der Waals surface area contributed by atoms with E-state index in [0.717, 1.165) is 138 Å². The van der Waals surface area contributed by atoms with Crippen LogP contribution in [0.3, 0.4) is 0 Å². The molecule has 2 aliphatic carbocycles. The Labute approximate surface area is 437 Å². The summed E-state index contributed by atoms with van der Waals surface area (Å²) in [6.45, 7) is 22.3. The molecule has 2 saturated carbocycles. The van der Waals surface area contributed by atoms with Gasteiger partial charge in [-0.3, -0.25) is 14.9 Å². The first kappa shape index (κ1) is 53.2. The molecule has 0 atom stereocenters. The summed E-state index contributed by atoms with van der Waals surface area (Å²) in [6.07, 6.45) is 17.6. The summed E-state index contributed by atoms with van der Waals surface area (Å²) < 4.78 is 61.0. The van der Waals surface area contributed by atoms with Gasteiger partial charge in [-0.15, -0.1) is 0 Å². The Morgan fingerprint density at radius 3 is 1.44 bits per heavy atom. The van der Waals surface area contributed by atoms with Crippen LogP contribution in [0.4, 0.5) is 0 Å². The van der Waals surface area contributed by atoms with Crippen LogP contribution in [0.2, 0.25) is 10.0 Å². The highest BCUT2D eigenvalue weighted by molar-refractivity contribution is 8.14. The maximum Gasteiger partial charge on any atom is 0.256 e. The molecular weight excluding hydrogens is 1020 g/mol. The van der Waals surface area contributed by atoms with E-state index in [0.29, 0.717) is 30.4 Å². The van der Waals surface area contributed by atoms with Gasteiger partial charge in [0.1, 0.15) is 11.4 Å². The Hall–Kier alpha value is -3.63. The zero-order valence-electron chi connectivity index (χ0n) is 41.9. The number of piperidine rings is 2. The normalized spacial score (nSPS) is 20.7. The molecule has 6 aliphatic rings. The third kappa shape index (κ3) is 11.6. The topological polar surface area (TPSA) is 179 Å². The molecule has 0 unspecified atom stereocenters. The number of H-pyrrole nitrogens is 1. The number of nitrogens with zero attached hydrogens (tertiary/aromatic N) is 10. The lowest BCUT2D eigenvalue weighted by Crippen LogP contribution is -2.61. The van der Waals surface area contributed by atoms with Crippen LogP contribution in [0.25, 0.3) is 33.2 Å². The largest absolute Gasteiger partial charge is 0.377 e. The first-order valence-corrected chi connectivity index (χ1v) is 30.0. The van der Waals surface area contributed by atoms with E-state index in [9.17, 15) is 16.8 Å². The molecule has 8 heterocycles. The molecular formula is C50H68Cl3N11O6S2. The van der Waals surface area contributed by atoms with Crippen molar-refractivity contribution in [2.24, 2.45) is 0 Å². The van der Waals surface area contributed by atoms with Crippen molar-refractivity contribution in [3.05, 3.63) is 82.6 Å². The molecule has 4 aliphatic heterocycles. The Kier molecular flexibility index (Phi) is 16.2. The van der Waals surface area contributed by atoms with Crippen molar-refractivity contribution in [3.63, 3.8) is 0 Å². The first-order chi connectivity index (χ1) is 34.4. The summed E-state index contributed by atoms with van der Waals surface area (Å²) in [5.41, 5.74) is 6.33. The van der Waals surface area contributed by atoms with Gasteiger partial charge in [-0.1, -0.05) is 44.0 Å².